The molecular weight excluding hydrogens is 276 g/mol. The summed E-state index contributed by atoms with van der Waals surface area (Å²) < 4.78 is 10.7. The second kappa shape index (κ2) is 5.96. The Labute approximate surface area is 119 Å². The highest BCUT2D eigenvalue weighted by Gasteiger charge is 2.22. The molecule has 1 aromatic heterocycles. The minimum atomic E-state index is -1.23. The fourth-order valence-electron chi connectivity index (χ4n) is 1.83. The molecule has 1 atom stereocenters. The lowest BCUT2D eigenvalue weighted by Crippen LogP contribution is -2.43. The van der Waals surface area contributed by atoms with E-state index in [1.54, 1.807) is 24.3 Å². The van der Waals surface area contributed by atoms with Crippen LogP contribution in [-0.4, -0.2) is 29.6 Å². The first-order valence-electron chi connectivity index (χ1n) is 6.07. The van der Waals surface area contributed by atoms with Crippen LogP contribution >= 0.6 is 0 Å². The average Bonchev–Trinajstić information content (AvgIpc) is 2.80. The van der Waals surface area contributed by atoms with Crippen LogP contribution in [0.15, 0.2) is 28.7 Å². The van der Waals surface area contributed by atoms with E-state index in [1.165, 1.54) is 6.92 Å². The van der Waals surface area contributed by atoms with Gasteiger partial charge in [0.25, 0.3) is 0 Å². The molecule has 2 rings (SSSR count). The van der Waals surface area contributed by atoms with Crippen LogP contribution in [0.1, 0.15) is 12.7 Å². The number of hydrogen-bond donors (Lipinski definition) is 2. The van der Waals surface area contributed by atoms with Gasteiger partial charge in [-0.15, -0.1) is 0 Å². The summed E-state index contributed by atoms with van der Waals surface area (Å²) in [6, 6.07) is 7.50. The van der Waals surface area contributed by atoms with Crippen LogP contribution in [0.25, 0.3) is 11.0 Å². The van der Waals surface area contributed by atoms with Crippen molar-refractivity contribution >= 4 is 22.8 Å². The second-order valence-electron chi connectivity index (χ2n) is 4.27. The summed E-state index contributed by atoms with van der Waals surface area (Å²) in [4.78, 5) is 22.0. The average molecular weight is 288 g/mol. The van der Waals surface area contributed by atoms with Crippen molar-refractivity contribution in [3.8, 4) is 11.8 Å². The zero-order valence-electron chi connectivity index (χ0n) is 11.1. The molecular formula is C14H12N2O5. The number of nitriles is 1. The van der Waals surface area contributed by atoms with Crippen LogP contribution in [0.3, 0.4) is 0 Å². The highest BCUT2D eigenvalue weighted by Crippen LogP contribution is 2.32. The molecule has 0 saturated carbocycles. The van der Waals surface area contributed by atoms with Gasteiger partial charge in [-0.25, -0.2) is 4.79 Å². The van der Waals surface area contributed by atoms with E-state index >= 15 is 0 Å². The number of amides is 1. The third-order valence-corrected chi connectivity index (χ3v) is 2.72. The summed E-state index contributed by atoms with van der Waals surface area (Å²) in [5, 5.41) is 20.9. The normalized spacial score (nSPS) is 11.6. The number of ether oxygens (including phenoxy) is 1. The SMILES string of the molecule is CC(=O)NC(COc1c(C#N)oc2ccccc12)C(=O)O. The van der Waals surface area contributed by atoms with Gasteiger partial charge in [0.2, 0.25) is 11.7 Å². The van der Waals surface area contributed by atoms with Crippen molar-refractivity contribution in [3.63, 3.8) is 0 Å². The lowest BCUT2D eigenvalue weighted by Gasteiger charge is -2.13. The monoisotopic (exact) mass is 288 g/mol. The van der Waals surface area contributed by atoms with Gasteiger partial charge in [-0.05, 0) is 12.1 Å². The van der Waals surface area contributed by atoms with Gasteiger partial charge in [0.1, 0.15) is 18.3 Å². The van der Waals surface area contributed by atoms with E-state index in [9.17, 15) is 9.59 Å². The number of para-hydroxylation sites is 1. The van der Waals surface area contributed by atoms with Gasteiger partial charge in [0, 0.05) is 6.92 Å². The third kappa shape index (κ3) is 3.12. The van der Waals surface area contributed by atoms with E-state index in [0.29, 0.717) is 11.0 Å². The standard InChI is InChI=1S/C14H12N2O5/c1-8(17)16-10(14(18)19)7-20-13-9-4-2-3-5-11(9)21-12(13)6-15/h2-5,10H,7H2,1H3,(H,16,17)(H,18,19). The van der Waals surface area contributed by atoms with Crippen LogP contribution in [0.4, 0.5) is 0 Å². The summed E-state index contributed by atoms with van der Waals surface area (Å²) in [5.41, 5.74) is 0.468. The number of furan rings is 1. The van der Waals surface area contributed by atoms with Crippen LogP contribution in [0.2, 0.25) is 0 Å². The highest BCUT2D eigenvalue weighted by atomic mass is 16.5. The molecule has 0 saturated heterocycles. The number of nitrogens with zero attached hydrogens (tertiary/aromatic N) is 1. The van der Waals surface area contributed by atoms with Crippen molar-refractivity contribution in [2.45, 2.75) is 13.0 Å². The van der Waals surface area contributed by atoms with Gasteiger partial charge < -0.3 is 19.6 Å². The van der Waals surface area contributed by atoms with Crippen molar-refractivity contribution in [1.82, 2.24) is 5.32 Å². The van der Waals surface area contributed by atoms with E-state index in [-0.39, 0.29) is 18.1 Å². The molecule has 7 heteroatoms. The smallest absolute Gasteiger partial charge is 0.329 e. The molecule has 0 radical (unpaired) electrons. The predicted molar refractivity (Wildman–Crippen MR) is 71.7 cm³/mol. The minimum Gasteiger partial charge on any atom is -0.485 e. The van der Waals surface area contributed by atoms with Gasteiger partial charge in [-0.1, -0.05) is 12.1 Å². The van der Waals surface area contributed by atoms with Gasteiger partial charge in [0.15, 0.2) is 11.8 Å². The maximum absolute atomic E-state index is 11.0. The Hall–Kier alpha value is -3.01. The first-order chi connectivity index (χ1) is 10.0. The Morgan fingerprint density at radius 2 is 2.19 bits per heavy atom. The van der Waals surface area contributed by atoms with Crippen molar-refractivity contribution in [2.24, 2.45) is 0 Å². The quantitative estimate of drug-likeness (QED) is 0.856. The third-order valence-electron chi connectivity index (χ3n) is 2.72. The maximum Gasteiger partial charge on any atom is 0.329 e. The minimum absolute atomic E-state index is 0.0387. The molecule has 0 bridgehead atoms. The molecule has 1 aromatic carbocycles. The van der Waals surface area contributed by atoms with E-state index in [4.69, 9.17) is 19.5 Å². The summed E-state index contributed by atoms with van der Waals surface area (Å²) in [7, 11) is 0. The van der Waals surface area contributed by atoms with Crippen LogP contribution < -0.4 is 10.1 Å². The maximum atomic E-state index is 11.0. The lowest BCUT2D eigenvalue weighted by molar-refractivity contribution is -0.142. The number of nitrogens with one attached hydrogen (secondary N) is 1. The van der Waals surface area contributed by atoms with Gasteiger partial charge in [-0.3, -0.25) is 4.79 Å². The topological polar surface area (TPSA) is 113 Å². The Morgan fingerprint density at radius 3 is 2.81 bits per heavy atom. The fourth-order valence-corrected chi connectivity index (χ4v) is 1.83. The molecule has 0 aliphatic heterocycles. The largest absolute Gasteiger partial charge is 0.485 e. The number of carbonyl (C=O) groups excluding carboxylic acids is 1. The first-order valence-corrected chi connectivity index (χ1v) is 6.07. The number of carboxylic acid groups (broad SMARTS) is 1. The Kier molecular flexibility index (Phi) is 4.09. The number of carbonyl (C=O) groups is 2. The molecule has 2 N–H and O–H groups in total. The van der Waals surface area contributed by atoms with Crippen LogP contribution in [0, 0.1) is 11.3 Å². The molecule has 0 spiro atoms. The van der Waals surface area contributed by atoms with E-state index in [0.717, 1.165) is 0 Å². The van der Waals surface area contributed by atoms with E-state index in [2.05, 4.69) is 5.32 Å². The fraction of sp³-hybridized carbons (Fsp3) is 0.214. The molecule has 0 aliphatic rings. The highest BCUT2D eigenvalue weighted by molar-refractivity contribution is 5.86. The molecule has 2 aromatic rings. The summed E-state index contributed by atoms with van der Waals surface area (Å²) in [6.45, 7) is 0.900. The summed E-state index contributed by atoms with van der Waals surface area (Å²) >= 11 is 0. The van der Waals surface area contributed by atoms with Crippen LogP contribution in [0.5, 0.6) is 5.75 Å². The number of rotatable bonds is 5. The Morgan fingerprint density at radius 1 is 1.48 bits per heavy atom. The van der Waals surface area contributed by atoms with Gasteiger partial charge in [0.05, 0.1) is 5.39 Å². The van der Waals surface area contributed by atoms with Crippen LogP contribution in [-0.2, 0) is 9.59 Å². The molecule has 1 amide bonds. The molecule has 21 heavy (non-hydrogen) atoms. The zero-order valence-corrected chi connectivity index (χ0v) is 11.1. The Bertz CT molecular complexity index is 729. The first kappa shape index (κ1) is 14.4. The zero-order chi connectivity index (χ0) is 15.4. The number of hydrogen-bond acceptors (Lipinski definition) is 5. The molecule has 1 heterocycles. The number of aliphatic carboxylic acids is 1. The van der Waals surface area contributed by atoms with Crippen molar-refractivity contribution in [1.29, 1.82) is 5.26 Å². The Balaban J connectivity index is 2.25. The molecule has 1 unspecified atom stereocenters. The van der Waals surface area contributed by atoms with Crippen molar-refractivity contribution in [3.05, 3.63) is 30.0 Å². The second-order valence-corrected chi connectivity index (χ2v) is 4.27. The van der Waals surface area contributed by atoms with Gasteiger partial charge >= 0.3 is 5.97 Å². The van der Waals surface area contributed by atoms with E-state index in [1.807, 2.05) is 6.07 Å². The van der Waals surface area contributed by atoms with Crippen molar-refractivity contribution in [2.75, 3.05) is 6.61 Å². The number of benzene rings is 1. The van der Waals surface area contributed by atoms with E-state index < -0.39 is 17.9 Å². The number of carboxylic acids is 1. The van der Waals surface area contributed by atoms with Gasteiger partial charge in [-0.2, -0.15) is 5.26 Å². The molecule has 0 aliphatic carbocycles. The predicted octanol–water partition coefficient (Wildman–Crippen LogP) is 1.27. The molecule has 0 fully saturated rings. The summed E-state index contributed by atoms with van der Waals surface area (Å²) in [6.07, 6.45) is 0. The molecule has 7 nitrogen and oxygen atoms in total. The molecule has 108 valence electrons. The lowest BCUT2D eigenvalue weighted by atomic mass is 10.2. The van der Waals surface area contributed by atoms with Crippen molar-refractivity contribution < 1.29 is 23.8 Å². The number of fused-ring (bicyclic) bond motifs is 1. The summed E-state index contributed by atoms with van der Waals surface area (Å²) in [5.74, 6) is -1.58.